The van der Waals surface area contributed by atoms with E-state index in [2.05, 4.69) is 20.9 Å². The third kappa shape index (κ3) is 5.39. The van der Waals surface area contributed by atoms with Gasteiger partial charge in [0.15, 0.2) is 5.96 Å². The molecule has 5 heteroatoms. The van der Waals surface area contributed by atoms with Crippen LogP contribution >= 0.6 is 0 Å². The van der Waals surface area contributed by atoms with Crippen LogP contribution in [-0.4, -0.2) is 38.0 Å². The summed E-state index contributed by atoms with van der Waals surface area (Å²) in [5.41, 5.74) is 0.687. The number of carbonyl (C=O) groups excluding carboxylic acids is 1. The molecule has 0 aromatic heterocycles. The van der Waals surface area contributed by atoms with Crippen molar-refractivity contribution in [2.24, 2.45) is 4.99 Å². The average Bonchev–Trinajstić information content (AvgIpc) is 2.59. The Kier molecular flexibility index (Phi) is 6.74. The minimum Gasteiger partial charge on any atom is -0.355 e. The summed E-state index contributed by atoms with van der Waals surface area (Å²) < 4.78 is 0. The minimum atomic E-state index is -0.0439. The van der Waals surface area contributed by atoms with E-state index in [-0.39, 0.29) is 5.91 Å². The maximum atomic E-state index is 11.9. The van der Waals surface area contributed by atoms with Crippen molar-refractivity contribution in [3.63, 3.8) is 0 Å². The quantitative estimate of drug-likeness (QED) is 0.442. The van der Waals surface area contributed by atoms with Gasteiger partial charge in [0, 0.05) is 31.7 Å². The monoisotopic (exact) mass is 302 g/mol. The van der Waals surface area contributed by atoms with Gasteiger partial charge in [-0.1, -0.05) is 37.5 Å². The van der Waals surface area contributed by atoms with Gasteiger partial charge in [0.1, 0.15) is 0 Å². The van der Waals surface area contributed by atoms with Crippen molar-refractivity contribution >= 4 is 11.9 Å². The number of benzene rings is 1. The Hall–Kier alpha value is -2.04. The molecule has 0 aliphatic heterocycles. The smallest absolute Gasteiger partial charge is 0.251 e. The highest BCUT2D eigenvalue weighted by molar-refractivity contribution is 5.94. The molecule has 0 bridgehead atoms. The molecule has 0 spiro atoms. The molecule has 0 atom stereocenters. The van der Waals surface area contributed by atoms with Crippen LogP contribution in [0.2, 0.25) is 0 Å². The van der Waals surface area contributed by atoms with E-state index < -0.39 is 0 Å². The molecule has 120 valence electrons. The molecule has 1 aromatic carbocycles. The number of amides is 1. The van der Waals surface area contributed by atoms with Gasteiger partial charge in [-0.2, -0.15) is 0 Å². The topological polar surface area (TPSA) is 65.5 Å². The number of hydrogen-bond acceptors (Lipinski definition) is 2. The highest BCUT2D eigenvalue weighted by atomic mass is 16.1. The van der Waals surface area contributed by atoms with Crippen molar-refractivity contribution < 1.29 is 4.79 Å². The summed E-state index contributed by atoms with van der Waals surface area (Å²) >= 11 is 0. The lowest BCUT2D eigenvalue weighted by Gasteiger charge is -2.24. The van der Waals surface area contributed by atoms with Crippen LogP contribution in [0.25, 0.3) is 0 Å². The van der Waals surface area contributed by atoms with Gasteiger partial charge in [-0.25, -0.2) is 0 Å². The highest BCUT2D eigenvalue weighted by Gasteiger charge is 2.14. The van der Waals surface area contributed by atoms with Gasteiger partial charge >= 0.3 is 0 Å². The largest absolute Gasteiger partial charge is 0.355 e. The fraction of sp³-hybridized carbons (Fsp3) is 0.529. The number of nitrogens with one attached hydrogen (secondary N) is 3. The zero-order chi connectivity index (χ0) is 15.6. The van der Waals surface area contributed by atoms with E-state index in [1.165, 1.54) is 32.1 Å². The molecule has 1 amide bonds. The number of guanidine groups is 1. The first-order valence-corrected chi connectivity index (χ1v) is 8.10. The standard InChI is InChI=1S/C17H26N4O/c1-18-17(21-15-10-6-3-7-11-15)20-13-12-19-16(22)14-8-4-2-5-9-14/h2,4-5,8-9,15H,3,6-7,10-13H2,1H3,(H,19,22)(H2,18,20,21). The zero-order valence-electron chi connectivity index (χ0n) is 13.3. The van der Waals surface area contributed by atoms with Gasteiger partial charge in [0.05, 0.1) is 0 Å². The second-order valence-corrected chi connectivity index (χ2v) is 5.60. The first kappa shape index (κ1) is 16.3. The number of nitrogens with zero attached hydrogens (tertiary/aromatic N) is 1. The molecule has 3 N–H and O–H groups in total. The van der Waals surface area contributed by atoms with E-state index in [4.69, 9.17) is 0 Å². The molecule has 1 aliphatic rings. The van der Waals surface area contributed by atoms with Crippen LogP contribution in [0.15, 0.2) is 35.3 Å². The van der Waals surface area contributed by atoms with Crippen LogP contribution in [0.1, 0.15) is 42.5 Å². The van der Waals surface area contributed by atoms with E-state index in [1.54, 1.807) is 7.05 Å². The fourth-order valence-electron chi connectivity index (χ4n) is 2.68. The fourth-order valence-corrected chi connectivity index (χ4v) is 2.68. The van der Waals surface area contributed by atoms with Crippen LogP contribution in [0.5, 0.6) is 0 Å². The Morgan fingerprint density at radius 1 is 1.09 bits per heavy atom. The molecule has 1 aliphatic carbocycles. The van der Waals surface area contributed by atoms with Crippen molar-refractivity contribution in [2.75, 3.05) is 20.1 Å². The maximum absolute atomic E-state index is 11.9. The van der Waals surface area contributed by atoms with Crippen LogP contribution in [-0.2, 0) is 0 Å². The Balaban J connectivity index is 1.65. The SMILES string of the molecule is CN=C(NCCNC(=O)c1ccccc1)NC1CCCCC1. The van der Waals surface area contributed by atoms with E-state index >= 15 is 0 Å². The molecule has 0 heterocycles. The molecule has 0 radical (unpaired) electrons. The Labute approximate surface area is 132 Å². The summed E-state index contributed by atoms with van der Waals surface area (Å²) in [7, 11) is 1.78. The predicted molar refractivity (Wildman–Crippen MR) is 90.1 cm³/mol. The molecule has 1 aromatic rings. The molecule has 0 saturated heterocycles. The van der Waals surface area contributed by atoms with Crippen LogP contribution < -0.4 is 16.0 Å². The molecule has 1 saturated carbocycles. The summed E-state index contributed by atoms with van der Waals surface area (Å²) in [6.45, 7) is 1.23. The lowest BCUT2D eigenvalue weighted by molar-refractivity contribution is 0.0954. The zero-order valence-corrected chi connectivity index (χ0v) is 13.3. The molecule has 0 unspecified atom stereocenters. The first-order chi connectivity index (χ1) is 10.8. The highest BCUT2D eigenvalue weighted by Crippen LogP contribution is 2.17. The number of aliphatic imine (C=N–C) groups is 1. The maximum Gasteiger partial charge on any atom is 0.251 e. The average molecular weight is 302 g/mol. The minimum absolute atomic E-state index is 0.0439. The lowest BCUT2D eigenvalue weighted by Crippen LogP contribution is -2.46. The van der Waals surface area contributed by atoms with Crippen LogP contribution in [0.3, 0.4) is 0 Å². The van der Waals surface area contributed by atoms with E-state index in [0.717, 1.165) is 5.96 Å². The number of carbonyl (C=O) groups is 1. The van der Waals surface area contributed by atoms with Gasteiger partial charge in [-0.3, -0.25) is 9.79 Å². The van der Waals surface area contributed by atoms with Crippen molar-refractivity contribution in [2.45, 2.75) is 38.1 Å². The van der Waals surface area contributed by atoms with Gasteiger partial charge in [0.2, 0.25) is 0 Å². The Morgan fingerprint density at radius 2 is 1.77 bits per heavy atom. The summed E-state index contributed by atoms with van der Waals surface area (Å²) in [4.78, 5) is 16.1. The third-order valence-electron chi connectivity index (χ3n) is 3.91. The van der Waals surface area contributed by atoms with Gasteiger partial charge < -0.3 is 16.0 Å². The summed E-state index contributed by atoms with van der Waals surface area (Å²) in [6.07, 6.45) is 6.36. The van der Waals surface area contributed by atoms with Crippen LogP contribution in [0, 0.1) is 0 Å². The second kappa shape index (κ2) is 9.07. The van der Waals surface area contributed by atoms with E-state index in [0.29, 0.717) is 24.7 Å². The summed E-state index contributed by atoms with van der Waals surface area (Å²) in [5.74, 6) is 0.776. The van der Waals surface area contributed by atoms with Crippen molar-refractivity contribution in [3.05, 3.63) is 35.9 Å². The molecule has 5 nitrogen and oxygen atoms in total. The number of rotatable bonds is 5. The summed E-state index contributed by atoms with van der Waals surface area (Å²) in [5, 5.41) is 9.60. The Morgan fingerprint density at radius 3 is 2.45 bits per heavy atom. The molecular formula is C17H26N4O. The third-order valence-corrected chi connectivity index (χ3v) is 3.91. The molecule has 2 rings (SSSR count). The molecule has 1 fully saturated rings. The van der Waals surface area contributed by atoms with Crippen molar-refractivity contribution in [1.29, 1.82) is 0 Å². The molecule has 22 heavy (non-hydrogen) atoms. The Bertz CT molecular complexity index is 481. The van der Waals surface area contributed by atoms with Crippen LogP contribution in [0.4, 0.5) is 0 Å². The van der Waals surface area contributed by atoms with Crippen molar-refractivity contribution in [3.8, 4) is 0 Å². The van der Waals surface area contributed by atoms with Gasteiger partial charge in [-0.05, 0) is 25.0 Å². The normalized spacial score (nSPS) is 16.1. The van der Waals surface area contributed by atoms with Gasteiger partial charge in [0.25, 0.3) is 5.91 Å². The predicted octanol–water partition coefficient (Wildman–Crippen LogP) is 1.91. The second-order valence-electron chi connectivity index (χ2n) is 5.60. The lowest BCUT2D eigenvalue weighted by atomic mass is 9.96. The van der Waals surface area contributed by atoms with E-state index in [9.17, 15) is 4.79 Å². The summed E-state index contributed by atoms with van der Waals surface area (Å²) in [6, 6.07) is 9.78. The van der Waals surface area contributed by atoms with Gasteiger partial charge in [-0.15, -0.1) is 0 Å². The van der Waals surface area contributed by atoms with E-state index in [1.807, 2.05) is 30.3 Å². The number of hydrogen-bond donors (Lipinski definition) is 3. The molecular weight excluding hydrogens is 276 g/mol. The van der Waals surface area contributed by atoms with Crippen molar-refractivity contribution in [1.82, 2.24) is 16.0 Å². The first-order valence-electron chi connectivity index (χ1n) is 8.10.